The number of ether oxygens (including phenoxy) is 3. The lowest BCUT2D eigenvalue weighted by Gasteiger charge is -2.27. The minimum atomic E-state index is -4.86. The Balaban J connectivity index is 0.000000216. The van der Waals surface area contributed by atoms with Gasteiger partial charge in [-0.1, -0.05) is 39.1 Å². The van der Waals surface area contributed by atoms with Crippen LogP contribution in [0.15, 0.2) is 39.9 Å². The van der Waals surface area contributed by atoms with E-state index in [1.165, 1.54) is 31.4 Å². The molecule has 2 unspecified atom stereocenters. The minimum Gasteiger partial charge on any atom is -0.497 e. The van der Waals surface area contributed by atoms with E-state index in [4.69, 9.17) is 47.6 Å². The minimum absolute atomic E-state index is 0.0284. The van der Waals surface area contributed by atoms with Gasteiger partial charge in [-0.15, -0.1) is 0 Å². The van der Waals surface area contributed by atoms with Gasteiger partial charge in [-0.2, -0.15) is 26.3 Å². The summed E-state index contributed by atoms with van der Waals surface area (Å²) < 4.78 is 91.7. The maximum atomic E-state index is 12.8. The van der Waals surface area contributed by atoms with Crippen molar-refractivity contribution in [2.45, 2.75) is 24.6 Å². The normalized spacial score (nSPS) is 18.1. The Morgan fingerprint density at radius 1 is 0.821 bits per heavy atom. The van der Waals surface area contributed by atoms with Gasteiger partial charge in [0.1, 0.15) is 17.2 Å². The predicted molar refractivity (Wildman–Crippen MR) is 129 cm³/mol. The number of carboxylic acids is 2. The molecule has 2 N–H and O–H groups in total. The largest absolute Gasteiger partial charge is 0.497 e. The Morgan fingerprint density at radius 2 is 1.23 bits per heavy atom. The molecule has 0 saturated heterocycles. The fourth-order valence-electron chi connectivity index (χ4n) is 3.43. The fourth-order valence-corrected chi connectivity index (χ4v) is 4.57. The van der Waals surface area contributed by atoms with Crippen LogP contribution >= 0.6 is 39.1 Å². The molecule has 2 heterocycles. The van der Waals surface area contributed by atoms with Crippen molar-refractivity contribution in [2.75, 3.05) is 7.11 Å². The van der Waals surface area contributed by atoms with E-state index in [1.54, 1.807) is 0 Å². The quantitative estimate of drug-likeness (QED) is 0.339. The van der Waals surface area contributed by atoms with Gasteiger partial charge in [0.25, 0.3) is 0 Å². The van der Waals surface area contributed by atoms with Gasteiger partial charge < -0.3 is 24.4 Å². The molecule has 0 spiro atoms. The average molecular weight is 666 g/mol. The third kappa shape index (κ3) is 6.73. The van der Waals surface area contributed by atoms with Gasteiger partial charge in [-0.25, -0.2) is 9.59 Å². The fraction of sp³-hybridized carbons (Fsp3) is 0.217. The van der Waals surface area contributed by atoms with Gasteiger partial charge in [0.15, 0.2) is 0 Å². The summed E-state index contributed by atoms with van der Waals surface area (Å²) in [5.74, 6) is -3.53. The molecule has 0 fully saturated rings. The zero-order valence-corrected chi connectivity index (χ0v) is 22.1. The molecule has 2 aromatic carbocycles. The van der Waals surface area contributed by atoms with Gasteiger partial charge in [-0.3, -0.25) is 0 Å². The molecule has 0 aliphatic carbocycles. The smallest absolute Gasteiger partial charge is 0.430 e. The molecule has 0 radical (unpaired) electrons. The number of hydrogen-bond acceptors (Lipinski definition) is 5. The molecular weight excluding hydrogens is 653 g/mol. The summed E-state index contributed by atoms with van der Waals surface area (Å²) in [6.07, 6.45) is -13.0. The molecule has 2 aliphatic rings. The van der Waals surface area contributed by atoms with Crippen molar-refractivity contribution in [1.29, 1.82) is 0 Å². The first-order valence-electron chi connectivity index (χ1n) is 10.2. The van der Waals surface area contributed by atoms with Gasteiger partial charge in [0.2, 0.25) is 12.2 Å². The van der Waals surface area contributed by atoms with Crippen LogP contribution < -0.4 is 14.2 Å². The van der Waals surface area contributed by atoms with Crippen molar-refractivity contribution in [2.24, 2.45) is 0 Å². The second-order valence-corrected chi connectivity index (χ2v) is 9.45. The first kappa shape index (κ1) is 30.4. The highest BCUT2D eigenvalue weighted by molar-refractivity contribution is 9.10. The van der Waals surface area contributed by atoms with Gasteiger partial charge in [-0.05, 0) is 30.4 Å². The lowest BCUT2D eigenvalue weighted by Crippen LogP contribution is -2.40. The summed E-state index contributed by atoms with van der Waals surface area (Å²) in [6, 6.07) is 5.42. The molecule has 210 valence electrons. The van der Waals surface area contributed by atoms with Gasteiger partial charge >= 0.3 is 24.3 Å². The van der Waals surface area contributed by atoms with Crippen LogP contribution in [0.5, 0.6) is 17.2 Å². The zero-order chi connectivity index (χ0) is 29.4. The highest BCUT2D eigenvalue weighted by Crippen LogP contribution is 2.44. The monoisotopic (exact) mass is 664 g/mol. The van der Waals surface area contributed by atoms with Crippen molar-refractivity contribution in [3.63, 3.8) is 0 Å². The third-order valence-electron chi connectivity index (χ3n) is 5.07. The topological polar surface area (TPSA) is 102 Å². The SMILES string of the molecule is COc1cc(Cl)c2c(c1)C=C(C(=O)O)C(C(F)(F)F)O2.O=C(O)C1=Cc2cc(Br)cc(Cl)c2OC1C(F)(F)F. The maximum absolute atomic E-state index is 12.8. The van der Waals surface area contributed by atoms with Crippen molar-refractivity contribution in [1.82, 2.24) is 0 Å². The van der Waals surface area contributed by atoms with Crippen LogP contribution in [0.1, 0.15) is 11.1 Å². The summed E-state index contributed by atoms with van der Waals surface area (Å²) in [7, 11) is 1.35. The standard InChI is InChI=1S/C12H8ClF3O4.C11H5BrClF3O3/c1-19-6-2-5-3-7(11(17)18)10(12(14,15)16)20-9(5)8(13)4-6;12-5-1-4-2-6(10(17)18)9(11(14,15)16)19-8(4)7(13)3-5/h2-4,10H,1H3,(H,17,18);1-3,9H,(H,17,18). The zero-order valence-electron chi connectivity index (χ0n) is 19.0. The molecular formula is C23H13BrCl2F6O7. The molecule has 0 amide bonds. The van der Waals surface area contributed by atoms with Crippen LogP contribution in [-0.2, 0) is 9.59 Å². The number of alkyl halides is 6. The van der Waals surface area contributed by atoms with E-state index in [0.29, 0.717) is 4.47 Å². The summed E-state index contributed by atoms with van der Waals surface area (Å²) in [4.78, 5) is 21.8. The molecule has 2 atom stereocenters. The van der Waals surface area contributed by atoms with Crippen LogP contribution in [0.2, 0.25) is 10.0 Å². The number of halogens is 9. The number of rotatable bonds is 3. The van der Waals surface area contributed by atoms with E-state index >= 15 is 0 Å². The van der Waals surface area contributed by atoms with Gasteiger partial charge in [0.05, 0.1) is 28.3 Å². The van der Waals surface area contributed by atoms with Crippen LogP contribution in [0.3, 0.4) is 0 Å². The summed E-state index contributed by atoms with van der Waals surface area (Å²) >= 11 is 14.7. The molecule has 0 bridgehead atoms. The average Bonchev–Trinajstić information content (AvgIpc) is 2.81. The Bertz CT molecular complexity index is 1390. The first-order chi connectivity index (χ1) is 17.9. The molecule has 4 rings (SSSR count). The van der Waals surface area contributed by atoms with Crippen LogP contribution in [0.4, 0.5) is 26.3 Å². The molecule has 2 aliphatic heterocycles. The molecule has 0 saturated carbocycles. The highest BCUT2D eigenvalue weighted by atomic mass is 79.9. The first-order valence-corrected chi connectivity index (χ1v) is 11.7. The van der Waals surface area contributed by atoms with Gasteiger partial charge in [0, 0.05) is 21.7 Å². The van der Waals surface area contributed by atoms with E-state index in [1.807, 2.05) is 0 Å². The molecule has 16 heteroatoms. The Kier molecular flexibility index (Phi) is 8.73. The van der Waals surface area contributed by atoms with E-state index in [2.05, 4.69) is 15.9 Å². The predicted octanol–water partition coefficient (Wildman–Crippen LogP) is 7.03. The van der Waals surface area contributed by atoms with E-state index in [-0.39, 0.29) is 38.4 Å². The summed E-state index contributed by atoms with van der Waals surface area (Å²) in [5.41, 5.74) is -1.49. The molecule has 2 aromatic rings. The van der Waals surface area contributed by atoms with Crippen molar-refractivity contribution in [3.05, 3.63) is 61.1 Å². The van der Waals surface area contributed by atoms with Crippen molar-refractivity contribution >= 4 is 63.2 Å². The number of fused-ring (bicyclic) bond motifs is 2. The van der Waals surface area contributed by atoms with Crippen LogP contribution in [0, 0.1) is 0 Å². The molecule has 0 aromatic heterocycles. The number of carboxylic acid groups (broad SMARTS) is 2. The number of carbonyl (C=O) groups is 2. The van der Waals surface area contributed by atoms with E-state index in [0.717, 1.165) is 12.2 Å². The summed E-state index contributed by atoms with van der Waals surface area (Å²) in [5, 5.41) is 17.6. The van der Waals surface area contributed by atoms with Crippen LogP contribution in [0.25, 0.3) is 12.2 Å². The third-order valence-corrected chi connectivity index (χ3v) is 6.08. The molecule has 39 heavy (non-hydrogen) atoms. The van der Waals surface area contributed by atoms with Crippen LogP contribution in [-0.4, -0.2) is 53.8 Å². The lowest BCUT2D eigenvalue weighted by molar-refractivity contribution is -0.187. The molecule has 7 nitrogen and oxygen atoms in total. The number of aliphatic carboxylic acids is 2. The van der Waals surface area contributed by atoms with Crippen molar-refractivity contribution in [3.8, 4) is 17.2 Å². The highest BCUT2D eigenvalue weighted by Gasteiger charge is 2.50. The number of benzene rings is 2. The Hall–Kier alpha value is -3.10. The second-order valence-electron chi connectivity index (χ2n) is 7.72. The Labute approximate surface area is 233 Å². The second kappa shape index (κ2) is 11.2. The van der Waals surface area contributed by atoms with E-state index in [9.17, 15) is 35.9 Å². The number of methoxy groups -OCH3 is 1. The van der Waals surface area contributed by atoms with Crippen molar-refractivity contribution < 1.29 is 60.4 Å². The number of hydrogen-bond donors (Lipinski definition) is 2. The van der Waals surface area contributed by atoms with E-state index < -0.39 is 47.6 Å². The Morgan fingerprint density at radius 3 is 1.62 bits per heavy atom. The lowest BCUT2D eigenvalue weighted by atomic mass is 10.0. The summed E-state index contributed by atoms with van der Waals surface area (Å²) in [6.45, 7) is 0. The maximum Gasteiger partial charge on any atom is 0.430 e.